The first kappa shape index (κ1) is 11.4. The van der Waals surface area contributed by atoms with E-state index in [1.807, 2.05) is 39.1 Å². The second-order valence-corrected chi connectivity index (χ2v) is 3.82. The molecule has 2 heterocycles. The first-order chi connectivity index (χ1) is 8.19. The normalized spacial score (nSPS) is 12.2. The Balaban J connectivity index is 2.15. The molecule has 2 aromatic rings. The Morgan fingerprint density at radius 2 is 2.06 bits per heavy atom. The maximum atomic E-state index is 5.33. The number of hydrogen-bond acceptors (Lipinski definition) is 5. The van der Waals surface area contributed by atoms with Crippen molar-refractivity contribution in [3.63, 3.8) is 0 Å². The molecule has 0 aliphatic heterocycles. The van der Waals surface area contributed by atoms with Crippen molar-refractivity contribution in [2.24, 2.45) is 0 Å². The van der Waals surface area contributed by atoms with E-state index in [1.54, 1.807) is 6.26 Å². The van der Waals surface area contributed by atoms with E-state index in [-0.39, 0.29) is 6.04 Å². The lowest BCUT2D eigenvalue weighted by Crippen LogP contribution is -2.09. The van der Waals surface area contributed by atoms with Crippen LogP contribution in [0.4, 0.5) is 11.6 Å². The van der Waals surface area contributed by atoms with Crippen LogP contribution in [0.25, 0.3) is 0 Å². The lowest BCUT2D eigenvalue weighted by atomic mass is 10.2. The Morgan fingerprint density at radius 1 is 1.29 bits per heavy atom. The van der Waals surface area contributed by atoms with Crippen molar-refractivity contribution in [3.8, 4) is 0 Å². The standard InChI is InChI=1S/C12H16N4O/c1-8(10-5-4-6-17-10)14-12-7-11(13-3)15-9(2)16-12/h4-8H,1-3H3,(H2,13,14,15,16). The van der Waals surface area contributed by atoms with Gasteiger partial charge in [0.15, 0.2) is 0 Å². The summed E-state index contributed by atoms with van der Waals surface area (Å²) in [6.45, 7) is 3.89. The van der Waals surface area contributed by atoms with Gasteiger partial charge in [-0.1, -0.05) is 0 Å². The van der Waals surface area contributed by atoms with Crippen molar-refractivity contribution in [2.45, 2.75) is 19.9 Å². The Kier molecular flexibility index (Phi) is 3.27. The number of furan rings is 1. The lowest BCUT2D eigenvalue weighted by Gasteiger charge is -2.13. The highest BCUT2D eigenvalue weighted by atomic mass is 16.3. The van der Waals surface area contributed by atoms with Crippen molar-refractivity contribution in [2.75, 3.05) is 17.7 Å². The van der Waals surface area contributed by atoms with E-state index in [2.05, 4.69) is 20.6 Å². The molecule has 2 N–H and O–H groups in total. The monoisotopic (exact) mass is 232 g/mol. The molecule has 0 radical (unpaired) electrons. The van der Waals surface area contributed by atoms with Gasteiger partial charge in [0.2, 0.25) is 0 Å². The summed E-state index contributed by atoms with van der Waals surface area (Å²) in [6, 6.07) is 5.75. The fourth-order valence-corrected chi connectivity index (χ4v) is 1.60. The van der Waals surface area contributed by atoms with Crippen molar-refractivity contribution in [1.29, 1.82) is 0 Å². The maximum absolute atomic E-state index is 5.33. The molecule has 0 aliphatic rings. The third-order valence-corrected chi connectivity index (χ3v) is 2.43. The summed E-state index contributed by atoms with van der Waals surface area (Å²) in [5.74, 6) is 3.19. The maximum Gasteiger partial charge on any atom is 0.132 e. The van der Waals surface area contributed by atoms with Crippen molar-refractivity contribution in [1.82, 2.24) is 9.97 Å². The number of anilines is 2. The second-order valence-electron chi connectivity index (χ2n) is 3.82. The number of nitrogens with zero attached hydrogens (tertiary/aromatic N) is 2. The highest BCUT2D eigenvalue weighted by molar-refractivity contribution is 5.47. The van der Waals surface area contributed by atoms with E-state index >= 15 is 0 Å². The minimum Gasteiger partial charge on any atom is -0.467 e. The predicted octanol–water partition coefficient (Wildman–Crippen LogP) is 2.59. The number of rotatable bonds is 4. The van der Waals surface area contributed by atoms with E-state index in [0.717, 1.165) is 23.2 Å². The summed E-state index contributed by atoms with van der Waals surface area (Å²) < 4.78 is 5.33. The first-order valence-electron chi connectivity index (χ1n) is 5.52. The molecule has 5 nitrogen and oxygen atoms in total. The quantitative estimate of drug-likeness (QED) is 0.848. The summed E-state index contributed by atoms with van der Waals surface area (Å²) in [7, 11) is 1.83. The van der Waals surface area contributed by atoms with Crippen LogP contribution < -0.4 is 10.6 Å². The molecule has 0 aromatic carbocycles. The van der Waals surface area contributed by atoms with Gasteiger partial charge in [0.25, 0.3) is 0 Å². The van der Waals surface area contributed by atoms with Gasteiger partial charge in [0, 0.05) is 13.1 Å². The zero-order valence-corrected chi connectivity index (χ0v) is 10.2. The zero-order chi connectivity index (χ0) is 12.3. The predicted molar refractivity (Wildman–Crippen MR) is 67.1 cm³/mol. The Hall–Kier alpha value is -2.04. The van der Waals surface area contributed by atoms with Gasteiger partial charge in [-0.05, 0) is 26.0 Å². The van der Waals surface area contributed by atoms with Gasteiger partial charge >= 0.3 is 0 Å². The summed E-state index contributed by atoms with van der Waals surface area (Å²) in [4.78, 5) is 8.56. The Bertz CT molecular complexity index is 481. The first-order valence-corrected chi connectivity index (χ1v) is 5.52. The van der Waals surface area contributed by atoms with E-state index < -0.39 is 0 Å². The molecule has 5 heteroatoms. The Morgan fingerprint density at radius 3 is 2.71 bits per heavy atom. The third kappa shape index (κ3) is 2.75. The molecule has 17 heavy (non-hydrogen) atoms. The van der Waals surface area contributed by atoms with E-state index in [1.165, 1.54) is 0 Å². The molecular formula is C12H16N4O. The molecular weight excluding hydrogens is 216 g/mol. The summed E-state index contributed by atoms with van der Waals surface area (Å²) in [6.07, 6.45) is 1.66. The molecule has 0 saturated carbocycles. The topological polar surface area (TPSA) is 63.0 Å². The van der Waals surface area contributed by atoms with Gasteiger partial charge in [-0.3, -0.25) is 0 Å². The molecule has 90 valence electrons. The van der Waals surface area contributed by atoms with Crippen LogP contribution in [0.15, 0.2) is 28.9 Å². The summed E-state index contributed by atoms with van der Waals surface area (Å²) in [5.41, 5.74) is 0. The highest BCUT2D eigenvalue weighted by Gasteiger charge is 2.09. The van der Waals surface area contributed by atoms with Gasteiger partial charge in [0.05, 0.1) is 12.3 Å². The van der Waals surface area contributed by atoms with Crippen LogP contribution in [0.5, 0.6) is 0 Å². The summed E-state index contributed by atoms with van der Waals surface area (Å²) >= 11 is 0. The van der Waals surface area contributed by atoms with Crippen LogP contribution in [0.2, 0.25) is 0 Å². The molecule has 1 atom stereocenters. The number of hydrogen-bond donors (Lipinski definition) is 2. The highest BCUT2D eigenvalue weighted by Crippen LogP contribution is 2.19. The minimum absolute atomic E-state index is 0.0732. The molecule has 0 aliphatic carbocycles. The van der Waals surface area contributed by atoms with Crippen molar-refractivity contribution < 1.29 is 4.42 Å². The molecule has 0 bridgehead atoms. The van der Waals surface area contributed by atoms with Gasteiger partial charge in [-0.2, -0.15) is 0 Å². The third-order valence-electron chi connectivity index (χ3n) is 2.43. The minimum atomic E-state index is 0.0732. The molecule has 0 fully saturated rings. The summed E-state index contributed by atoms with van der Waals surface area (Å²) in [5, 5.41) is 6.28. The van der Waals surface area contributed by atoms with Crippen LogP contribution in [0, 0.1) is 6.92 Å². The fraction of sp³-hybridized carbons (Fsp3) is 0.333. The molecule has 0 spiro atoms. The lowest BCUT2D eigenvalue weighted by molar-refractivity contribution is 0.490. The SMILES string of the molecule is CNc1cc(NC(C)c2ccco2)nc(C)n1. The van der Waals surface area contributed by atoms with E-state index in [0.29, 0.717) is 0 Å². The zero-order valence-electron chi connectivity index (χ0n) is 10.2. The number of nitrogens with one attached hydrogen (secondary N) is 2. The van der Waals surface area contributed by atoms with Gasteiger partial charge in [0.1, 0.15) is 23.2 Å². The van der Waals surface area contributed by atoms with E-state index in [4.69, 9.17) is 4.42 Å². The van der Waals surface area contributed by atoms with Crippen LogP contribution in [0.1, 0.15) is 24.6 Å². The van der Waals surface area contributed by atoms with Gasteiger partial charge in [-0.15, -0.1) is 0 Å². The van der Waals surface area contributed by atoms with Crippen molar-refractivity contribution in [3.05, 3.63) is 36.0 Å². The smallest absolute Gasteiger partial charge is 0.132 e. The van der Waals surface area contributed by atoms with Gasteiger partial charge in [-0.25, -0.2) is 9.97 Å². The molecule has 2 rings (SSSR count). The number of aromatic nitrogens is 2. The van der Waals surface area contributed by atoms with Crippen LogP contribution in [-0.4, -0.2) is 17.0 Å². The van der Waals surface area contributed by atoms with Crippen molar-refractivity contribution >= 4 is 11.6 Å². The number of aryl methyl sites for hydroxylation is 1. The van der Waals surface area contributed by atoms with E-state index in [9.17, 15) is 0 Å². The largest absolute Gasteiger partial charge is 0.467 e. The van der Waals surface area contributed by atoms with Crippen LogP contribution in [0.3, 0.4) is 0 Å². The molecule has 1 unspecified atom stereocenters. The second kappa shape index (κ2) is 4.86. The Labute approximate surface area is 100 Å². The van der Waals surface area contributed by atoms with Gasteiger partial charge < -0.3 is 15.1 Å². The van der Waals surface area contributed by atoms with Crippen LogP contribution >= 0.6 is 0 Å². The molecule has 0 amide bonds. The fourth-order valence-electron chi connectivity index (χ4n) is 1.60. The molecule has 2 aromatic heterocycles. The molecule has 0 saturated heterocycles. The van der Waals surface area contributed by atoms with Crippen LogP contribution in [-0.2, 0) is 0 Å². The average molecular weight is 232 g/mol. The average Bonchev–Trinajstić information content (AvgIpc) is 2.81.